The van der Waals surface area contributed by atoms with E-state index in [-0.39, 0.29) is 6.42 Å². The number of hydrogen-bond donors (Lipinski definition) is 3. The van der Waals surface area contributed by atoms with Gasteiger partial charge in [0.15, 0.2) is 0 Å². The topological polar surface area (TPSA) is 128 Å². The zero-order chi connectivity index (χ0) is 17.1. The first-order valence-corrected chi connectivity index (χ1v) is 7.01. The number of fused-ring (bicyclic) bond motifs is 1. The molecule has 0 spiro atoms. The monoisotopic (exact) mass is 324 g/mol. The van der Waals surface area contributed by atoms with E-state index < -0.39 is 28.7 Å². The Hall–Kier alpha value is -3.55. The minimum Gasteiger partial charge on any atom is -0.493 e. The minimum atomic E-state index is -0.932. The molecule has 0 saturated carbocycles. The number of carbonyl (C=O) groups excluding carboxylic acids is 1. The average Bonchev–Trinajstić information content (AvgIpc) is 2.54. The number of aromatic nitrogens is 2. The van der Waals surface area contributed by atoms with Gasteiger partial charge in [0.25, 0.3) is 11.5 Å². The molecule has 8 nitrogen and oxygen atoms in total. The van der Waals surface area contributed by atoms with Crippen molar-refractivity contribution in [2.24, 2.45) is 10.2 Å². The van der Waals surface area contributed by atoms with Gasteiger partial charge >= 0.3 is 5.69 Å². The van der Waals surface area contributed by atoms with Gasteiger partial charge in [-0.05, 0) is 16.3 Å². The lowest BCUT2D eigenvalue weighted by Crippen LogP contribution is -2.21. The predicted octanol–water partition coefficient (Wildman–Crippen LogP) is 1.77. The summed E-state index contributed by atoms with van der Waals surface area (Å²) in [5, 5.41) is 18.3. The van der Waals surface area contributed by atoms with Crippen molar-refractivity contribution in [1.29, 1.82) is 0 Å². The van der Waals surface area contributed by atoms with Crippen molar-refractivity contribution in [3.8, 4) is 5.88 Å². The van der Waals surface area contributed by atoms with Crippen LogP contribution in [0.3, 0.4) is 0 Å². The Morgan fingerprint density at radius 2 is 1.79 bits per heavy atom. The van der Waals surface area contributed by atoms with E-state index in [4.69, 9.17) is 0 Å². The highest BCUT2D eigenvalue weighted by atomic mass is 16.3. The Labute approximate surface area is 134 Å². The third-order valence-corrected chi connectivity index (χ3v) is 3.38. The van der Waals surface area contributed by atoms with Crippen molar-refractivity contribution < 1.29 is 9.90 Å². The highest BCUT2D eigenvalue weighted by molar-refractivity contribution is 5.90. The smallest absolute Gasteiger partial charge is 0.328 e. The maximum Gasteiger partial charge on any atom is 0.328 e. The van der Waals surface area contributed by atoms with Gasteiger partial charge in [0.2, 0.25) is 11.6 Å². The highest BCUT2D eigenvalue weighted by Crippen LogP contribution is 2.20. The molecule has 0 bridgehead atoms. The van der Waals surface area contributed by atoms with E-state index in [1.54, 1.807) is 6.07 Å². The van der Waals surface area contributed by atoms with Gasteiger partial charge in [0.05, 0.1) is 6.42 Å². The van der Waals surface area contributed by atoms with Crippen LogP contribution in [-0.2, 0) is 11.2 Å². The summed E-state index contributed by atoms with van der Waals surface area (Å²) in [5.74, 6) is -1.33. The molecule has 3 N–H and O–H groups in total. The molecule has 8 heteroatoms. The van der Waals surface area contributed by atoms with Gasteiger partial charge in [-0.15, -0.1) is 10.2 Å². The number of azo groups is 1. The standard InChI is InChI=1S/C16H12N4O4/c21-12(19-20-13-14(22)17-16(24)18-15(13)23)8-10-6-3-5-9-4-1-2-7-11(9)10/h1-7H,8H2,(H3,17,18,22,23,24). The van der Waals surface area contributed by atoms with Gasteiger partial charge in [-0.1, -0.05) is 42.5 Å². The van der Waals surface area contributed by atoms with Crippen LogP contribution in [0.4, 0.5) is 5.69 Å². The van der Waals surface area contributed by atoms with Crippen molar-refractivity contribution in [1.82, 2.24) is 9.97 Å². The van der Waals surface area contributed by atoms with Gasteiger partial charge in [-0.25, -0.2) is 4.79 Å². The fourth-order valence-electron chi connectivity index (χ4n) is 2.31. The number of amides is 1. The second-order valence-electron chi connectivity index (χ2n) is 5.01. The molecule has 1 heterocycles. The number of aromatic amines is 2. The van der Waals surface area contributed by atoms with E-state index in [9.17, 15) is 19.5 Å². The maximum absolute atomic E-state index is 12.0. The van der Waals surface area contributed by atoms with Crippen molar-refractivity contribution >= 4 is 22.4 Å². The first-order chi connectivity index (χ1) is 11.5. The van der Waals surface area contributed by atoms with E-state index >= 15 is 0 Å². The molecule has 1 aromatic heterocycles. The third-order valence-electron chi connectivity index (χ3n) is 3.38. The van der Waals surface area contributed by atoms with Crippen LogP contribution in [-0.4, -0.2) is 21.0 Å². The normalized spacial score (nSPS) is 11.2. The quantitative estimate of drug-likeness (QED) is 0.634. The summed E-state index contributed by atoms with van der Waals surface area (Å²) in [6.07, 6.45) is -0.00707. The van der Waals surface area contributed by atoms with Gasteiger partial charge in [-0.2, -0.15) is 0 Å². The number of nitrogens with one attached hydrogen (secondary N) is 2. The van der Waals surface area contributed by atoms with Crippen LogP contribution in [0.1, 0.15) is 5.56 Å². The zero-order valence-electron chi connectivity index (χ0n) is 12.3. The summed E-state index contributed by atoms with van der Waals surface area (Å²) in [4.78, 5) is 38.3. The van der Waals surface area contributed by atoms with Gasteiger partial charge < -0.3 is 5.11 Å². The van der Waals surface area contributed by atoms with E-state index in [1.807, 2.05) is 46.4 Å². The first-order valence-electron chi connectivity index (χ1n) is 7.01. The second kappa shape index (κ2) is 6.29. The van der Waals surface area contributed by atoms with Crippen LogP contribution in [0.15, 0.2) is 62.3 Å². The lowest BCUT2D eigenvalue weighted by Gasteiger charge is -2.03. The number of hydrogen-bond acceptors (Lipinski definition) is 5. The summed E-state index contributed by atoms with van der Waals surface area (Å²) < 4.78 is 0. The Morgan fingerprint density at radius 3 is 2.58 bits per heavy atom. The number of H-pyrrole nitrogens is 2. The van der Waals surface area contributed by atoms with Gasteiger partial charge in [0, 0.05) is 0 Å². The number of aromatic hydroxyl groups is 1. The molecular weight excluding hydrogens is 312 g/mol. The van der Waals surface area contributed by atoms with Crippen LogP contribution in [0, 0.1) is 0 Å². The van der Waals surface area contributed by atoms with Gasteiger partial charge in [0.1, 0.15) is 0 Å². The average molecular weight is 324 g/mol. The van der Waals surface area contributed by atoms with E-state index in [0.717, 1.165) is 16.3 Å². The Balaban J connectivity index is 1.86. The van der Waals surface area contributed by atoms with Crippen LogP contribution in [0.5, 0.6) is 5.88 Å². The maximum atomic E-state index is 12.0. The summed E-state index contributed by atoms with van der Waals surface area (Å²) in [6, 6.07) is 13.2. The molecule has 0 aliphatic rings. The number of carbonyl (C=O) groups is 1. The van der Waals surface area contributed by atoms with E-state index in [2.05, 4.69) is 10.2 Å². The largest absolute Gasteiger partial charge is 0.493 e. The molecule has 0 atom stereocenters. The molecule has 1 amide bonds. The summed E-state index contributed by atoms with van der Waals surface area (Å²) in [6.45, 7) is 0. The van der Waals surface area contributed by atoms with Crippen LogP contribution >= 0.6 is 0 Å². The molecule has 0 unspecified atom stereocenters. The predicted molar refractivity (Wildman–Crippen MR) is 86.5 cm³/mol. The molecule has 0 saturated heterocycles. The van der Waals surface area contributed by atoms with Gasteiger partial charge in [-0.3, -0.25) is 19.6 Å². The Bertz CT molecular complexity index is 1060. The van der Waals surface area contributed by atoms with E-state index in [0.29, 0.717) is 0 Å². The van der Waals surface area contributed by atoms with Crippen LogP contribution in [0.25, 0.3) is 10.8 Å². The Kier molecular flexibility index (Phi) is 4.02. The second-order valence-corrected chi connectivity index (χ2v) is 5.01. The van der Waals surface area contributed by atoms with Crippen molar-refractivity contribution in [3.05, 3.63) is 68.9 Å². The molecular formula is C16H12N4O4. The third kappa shape index (κ3) is 3.12. The highest BCUT2D eigenvalue weighted by Gasteiger charge is 2.10. The SMILES string of the molecule is O=C(Cc1cccc2ccccc12)N=Nc1c(O)[nH]c(=O)[nH]c1=O. The van der Waals surface area contributed by atoms with Crippen molar-refractivity contribution in [3.63, 3.8) is 0 Å². The van der Waals surface area contributed by atoms with E-state index in [1.165, 1.54) is 0 Å². The lowest BCUT2D eigenvalue weighted by atomic mass is 10.0. The summed E-state index contributed by atoms with van der Waals surface area (Å²) >= 11 is 0. The number of nitrogens with zero attached hydrogens (tertiary/aromatic N) is 2. The fourth-order valence-corrected chi connectivity index (χ4v) is 2.31. The van der Waals surface area contributed by atoms with Crippen LogP contribution in [0.2, 0.25) is 0 Å². The zero-order valence-corrected chi connectivity index (χ0v) is 12.3. The lowest BCUT2D eigenvalue weighted by molar-refractivity contribution is -0.117. The molecule has 3 rings (SSSR count). The molecule has 0 radical (unpaired) electrons. The molecule has 2 aromatic carbocycles. The number of rotatable bonds is 3. The Morgan fingerprint density at radius 1 is 1.04 bits per heavy atom. The fraction of sp³-hybridized carbons (Fsp3) is 0.0625. The minimum absolute atomic E-state index is 0.00707. The van der Waals surface area contributed by atoms with Crippen molar-refractivity contribution in [2.75, 3.05) is 0 Å². The van der Waals surface area contributed by atoms with Crippen LogP contribution < -0.4 is 11.2 Å². The van der Waals surface area contributed by atoms with Crippen molar-refractivity contribution in [2.45, 2.75) is 6.42 Å². The number of benzene rings is 2. The molecule has 3 aromatic rings. The molecule has 0 aliphatic carbocycles. The summed E-state index contributed by atoms with van der Waals surface area (Å²) in [7, 11) is 0. The molecule has 120 valence electrons. The molecule has 0 aliphatic heterocycles. The first kappa shape index (κ1) is 15.3. The molecule has 0 fully saturated rings. The molecule has 24 heavy (non-hydrogen) atoms. The summed E-state index contributed by atoms with van der Waals surface area (Å²) in [5.41, 5.74) is -1.56.